The van der Waals surface area contributed by atoms with E-state index in [1.54, 1.807) is 18.4 Å². The van der Waals surface area contributed by atoms with Crippen LogP contribution in [0.15, 0.2) is 24.3 Å². The lowest BCUT2D eigenvalue weighted by Crippen LogP contribution is -2.32. The number of thiazole rings is 1. The van der Waals surface area contributed by atoms with Gasteiger partial charge in [0.15, 0.2) is 0 Å². The molecule has 1 atom stereocenters. The zero-order valence-corrected chi connectivity index (χ0v) is 13.6. The molecule has 0 saturated carbocycles. The molecule has 5 heteroatoms. The fourth-order valence-electron chi connectivity index (χ4n) is 2.25. The van der Waals surface area contributed by atoms with Crippen LogP contribution in [0.25, 0.3) is 10.2 Å². The second-order valence-electron chi connectivity index (χ2n) is 4.93. The van der Waals surface area contributed by atoms with Crippen LogP contribution >= 0.6 is 11.3 Å². The molecule has 1 aromatic heterocycles. The Kier molecular flexibility index (Phi) is 7.09. The van der Waals surface area contributed by atoms with Crippen molar-refractivity contribution in [1.29, 1.82) is 0 Å². The molecule has 116 valence electrons. The number of aromatic nitrogens is 1. The standard InChI is InChI=1S/C16H24N2O2S/c1-3-17-13(8-9-20-11-10-19-2)12-16-18-14-6-4-5-7-15(14)21-16/h4-7,13,17H,3,8-12H2,1-2H3. The molecule has 1 heterocycles. The number of likely N-dealkylation sites (N-methyl/N-ethyl adjacent to an activating group) is 1. The topological polar surface area (TPSA) is 43.4 Å². The second-order valence-corrected chi connectivity index (χ2v) is 6.04. The van der Waals surface area contributed by atoms with Gasteiger partial charge in [0.25, 0.3) is 0 Å². The van der Waals surface area contributed by atoms with Gasteiger partial charge in [-0.15, -0.1) is 11.3 Å². The van der Waals surface area contributed by atoms with Gasteiger partial charge >= 0.3 is 0 Å². The van der Waals surface area contributed by atoms with Gasteiger partial charge < -0.3 is 14.8 Å². The first-order valence-corrected chi connectivity index (χ1v) is 8.29. The van der Waals surface area contributed by atoms with Crippen molar-refractivity contribution >= 4 is 21.6 Å². The minimum Gasteiger partial charge on any atom is -0.382 e. The summed E-state index contributed by atoms with van der Waals surface area (Å²) < 4.78 is 11.8. The smallest absolute Gasteiger partial charge is 0.0954 e. The van der Waals surface area contributed by atoms with E-state index in [9.17, 15) is 0 Å². The van der Waals surface area contributed by atoms with Gasteiger partial charge in [-0.3, -0.25) is 0 Å². The largest absolute Gasteiger partial charge is 0.382 e. The van der Waals surface area contributed by atoms with Crippen molar-refractivity contribution in [2.75, 3.05) is 33.5 Å². The Morgan fingerprint density at radius 2 is 2.10 bits per heavy atom. The molecule has 0 aliphatic carbocycles. The van der Waals surface area contributed by atoms with Crippen molar-refractivity contribution in [3.05, 3.63) is 29.3 Å². The van der Waals surface area contributed by atoms with Gasteiger partial charge in [0.1, 0.15) is 0 Å². The fourth-order valence-corrected chi connectivity index (χ4v) is 3.30. The van der Waals surface area contributed by atoms with Crippen LogP contribution in [0.2, 0.25) is 0 Å². The van der Waals surface area contributed by atoms with E-state index in [2.05, 4.69) is 30.4 Å². The Morgan fingerprint density at radius 3 is 2.86 bits per heavy atom. The summed E-state index contributed by atoms with van der Waals surface area (Å²) in [6, 6.07) is 8.73. The predicted octanol–water partition coefficient (Wildman–Crippen LogP) is 2.87. The highest BCUT2D eigenvalue weighted by atomic mass is 32.1. The number of rotatable bonds is 10. The van der Waals surface area contributed by atoms with Crippen molar-refractivity contribution in [1.82, 2.24) is 10.3 Å². The van der Waals surface area contributed by atoms with Crippen LogP contribution < -0.4 is 5.32 Å². The highest BCUT2D eigenvalue weighted by Crippen LogP contribution is 2.22. The molecule has 1 N–H and O–H groups in total. The zero-order valence-electron chi connectivity index (χ0n) is 12.8. The monoisotopic (exact) mass is 308 g/mol. The average Bonchev–Trinajstić information content (AvgIpc) is 2.89. The van der Waals surface area contributed by atoms with Crippen LogP contribution in [0, 0.1) is 0 Å². The molecular weight excluding hydrogens is 284 g/mol. The van der Waals surface area contributed by atoms with Gasteiger partial charge in [0, 0.05) is 26.2 Å². The maximum absolute atomic E-state index is 5.57. The van der Waals surface area contributed by atoms with Gasteiger partial charge in [0.2, 0.25) is 0 Å². The van der Waals surface area contributed by atoms with E-state index in [0.717, 1.165) is 31.5 Å². The summed E-state index contributed by atoms with van der Waals surface area (Å²) in [6.45, 7) is 5.18. The van der Waals surface area contributed by atoms with Gasteiger partial charge in [-0.1, -0.05) is 19.1 Å². The summed E-state index contributed by atoms with van der Waals surface area (Å²) in [5.41, 5.74) is 1.10. The lowest BCUT2D eigenvalue weighted by molar-refractivity contribution is 0.0659. The normalized spacial score (nSPS) is 12.9. The Bertz CT molecular complexity index is 497. The minimum absolute atomic E-state index is 0.415. The Labute approximate surface area is 130 Å². The SMILES string of the molecule is CCNC(CCOCCOC)Cc1nc2ccccc2s1. The van der Waals surface area contributed by atoms with Gasteiger partial charge in [-0.25, -0.2) is 4.98 Å². The van der Waals surface area contributed by atoms with E-state index in [-0.39, 0.29) is 0 Å². The number of methoxy groups -OCH3 is 1. The number of nitrogens with one attached hydrogen (secondary N) is 1. The van der Waals surface area contributed by atoms with Crippen LogP contribution in [-0.2, 0) is 15.9 Å². The first-order chi connectivity index (χ1) is 10.3. The average molecular weight is 308 g/mol. The molecule has 0 spiro atoms. The minimum atomic E-state index is 0.415. The number of nitrogens with zero attached hydrogens (tertiary/aromatic N) is 1. The third-order valence-corrected chi connectivity index (χ3v) is 4.35. The first-order valence-electron chi connectivity index (χ1n) is 7.48. The van der Waals surface area contributed by atoms with E-state index in [1.165, 1.54) is 9.71 Å². The predicted molar refractivity (Wildman–Crippen MR) is 88.1 cm³/mol. The summed E-state index contributed by atoms with van der Waals surface area (Å²) in [6.07, 6.45) is 1.95. The quantitative estimate of drug-likeness (QED) is 0.685. The summed E-state index contributed by atoms with van der Waals surface area (Å²) in [5.74, 6) is 0. The van der Waals surface area contributed by atoms with Gasteiger partial charge in [-0.05, 0) is 25.1 Å². The fraction of sp³-hybridized carbons (Fsp3) is 0.562. The third kappa shape index (κ3) is 5.36. The molecule has 0 saturated heterocycles. The van der Waals surface area contributed by atoms with Gasteiger partial charge in [0.05, 0.1) is 28.4 Å². The summed E-state index contributed by atoms with van der Waals surface area (Å²) >= 11 is 1.79. The highest BCUT2D eigenvalue weighted by molar-refractivity contribution is 7.18. The summed E-state index contributed by atoms with van der Waals surface area (Å²) in [5, 5.41) is 4.72. The molecule has 0 bridgehead atoms. The van der Waals surface area contributed by atoms with E-state index in [0.29, 0.717) is 19.3 Å². The van der Waals surface area contributed by atoms with Crippen molar-refractivity contribution in [2.24, 2.45) is 0 Å². The van der Waals surface area contributed by atoms with Crippen LogP contribution in [0.3, 0.4) is 0 Å². The molecule has 1 aromatic carbocycles. The van der Waals surface area contributed by atoms with Gasteiger partial charge in [-0.2, -0.15) is 0 Å². The maximum atomic E-state index is 5.57. The number of hydrogen-bond donors (Lipinski definition) is 1. The maximum Gasteiger partial charge on any atom is 0.0954 e. The zero-order chi connectivity index (χ0) is 14.9. The Balaban J connectivity index is 1.86. The van der Waals surface area contributed by atoms with Crippen LogP contribution in [0.5, 0.6) is 0 Å². The molecular formula is C16H24N2O2S. The van der Waals surface area contributed by atoms with Crippen molar-refractivity contribution in [3.63, 3.8) is 0 Å². The van der Waals surface area contributed by atoms with E-state index in [4.69, 9.17) is 14.5 Å². The molecule has 0 fully saturated rings. The van der Waals surface area contributed by atoms with E-state index >= 15 is 0 Å². The molecule has 1 unspecified atom stereocenters. The van der Waals surface area contributed by atoms with Crippen LogP contribution in [0.1, 0.15) is 18.4 Å². The molecule has 2 rings (SSSR count). The number of para-hydroxylation sites is 1. The Morgan fingerprint density at radius 1 is 1.24 bits per heavy atom. The lowest BCUT2D eigenvalue weighted by Gasteiger charge is -2.16. The molecule has 21 heavy (non-hydrogen) atoms. The third-order valence-electron chi connectivity index (χ3n) is 3.29. The first kappa shape index (κ1) is 16.4. The second kappa shape index (κ2) is 9.10. The van der Waals surface area contributed by atoms with Crippen LogP contribution in [-0.4, -0.2) is 44.5 Å². The number of benzene rings is 1. The number of fused-ring (bicyclic) bond motifs is 1. The van der Waals surface area contributed by atoms with Crippen molar-refractivity contribution < 1.29 is 9.47 Å². The number of ether oxygens (including phenoxy) is 2. The van der Waals surface area contributed by atoms with Crippen molar-refractivity contribution in [2.45, 2.75) is 25.8 Å². The molecule has 0 radical (unpaired) electrons. The van der Waals surface area contributed by atoms with E-state index < -0.39 is 0 Å². The van der Waals surface area contributed by atoms with Crippen LogP contribution in [0.4, 0.5) is 0 Å². The summed E-state index contributed by atoms with van der Waals surface area (Å²) in [7, 11) is 1.69. The molecule has 0 aliphatic heterocycles. The molecule has 0 amide bonds. The molecule has 2 aromatic rings. The van der Waals surface area contributed by atoms with Crippen molar-refractivity contribution in [3.8, 4) is 0 Å². The molecule has 4 nitrogen and oxygen atoms in total. The lowest BCUT2D eigenvalue weighted by atomic mass is 10.1. The molecule has 0 aliphatic rings. The highest BCUT2D eigenvalue weighted by Gasteiger charge is 2.12. The number of hydrogen-bond acceptors (Lipinski definition) is 5. The summed E-state index contributed by atoms with van der Waals surface area (Å²) in [4.78, 5) is 4.71. The Hall–Kier alpha value is -1.01. The van der Waals surface area contributed by atoms with E-state index in [1.807, 2.05) is 6.07 Å².